The van der Waals surface area contributed by atoms with Crippen LogP contribution in [0.2, 0.25) is 0 Å². The van der Waals surface area contributed by atoms with E-state index in [0.29, 0.717) is 11.8 Å². The van der Waals surface area contributed by atoms with Gasteiger partial charge in [-0.1, -0.05) is 40.5 Å². The van der Waals surface area contributed by atoms with Crippen LogP contribution in [0.15, 0.2) is 0 Å². The lowest BCUT2D eigenvalue weighted by Crippen LogP contribution is -2.37. The molecule has 0 aromatic carbocycles. The van der Waals surface area contributed by atoms with Crippen molar-refractivity contribution in [2.24, 2.45) is 24.8 Å². The Bertz CT molecular complexity index is 467. The average molecular weight is 293 g/mol. The van der Waals surface area contributed by atoms with Crippen LogP contribution >= 0.6 is 0 Å². The summed E-state index contributed by atoms with van der Waals surface area (Å²) in [7, 11) is 1.93. The van der Waals surface area contributed by atoms with E-state index in [-0.39, 0.29) is 6.10 Å². The number of anilines is 1. The van der Waals surface area contributed by atoms with Crippen LogP contribution in [0.5, 0.6) is 5.88 Å². The molecule has 1 aliphatic rings. The van der Waals surface area contributed by atoms with E-state index < -0.39 is 0 Å². The minimum absolute atomic E-state index is 0.265. The van der Waals surface area contributed by atoms with Crippen molar-refractivity contribution in [3.05, 3.63) is 5.69 Å². The number of rotatable bonds is 5. The van der Waals surface area contributed by atoms with E-state index in [0.717, 1.165) is 42.4 Å². The molecule has 21 heavy (non-hydrogen) atoms. The lowest BCUT2D eigenvalue weighted by atomic mass is 9.75. The predicted octanol–water partition coefficient (Wildman–Crippen LogP) is 3.79. The Morgan fingerprint density at radius 3 is 2.71 bits per heavy atom. The predicted molar refractivity (Wildman–Crippen MR) is 87.4 cm³/mol. The number of nitrogens with two attached hydrogens (primary N) is 1. The molecule has 1 aromatic heterocycles. The van der Waals surface area contributed by atoms with E-state index in [4.69, 9.17) is 10.5 Å². The largest absolute Gasteiger partial charge is 0.473 e. The molecule has 2 rings (SSSR count). The quantitative estimate of drug-likeness (QED) is 0.898. The van der Waals surface area contributed by atoms with E-state index in [1.165, 1.54) is 12.8 Å². The Balaban J connectivity index is 2.18. The monoisotopic (exact) mass is 293 g/mol. The van der Waals surface area contributed by atoms with Crippen molar-refractivity contribution in [3.63, 3.8) is 0 Å². The number of aryl methyl sites for hydroxylation is 2. The number of nitrogens with zero attached hydrogens (tertiary/aromatic N) is 2. The fourth-order valence-electron chi connectivity index (χ4n) is 3.53. The molecule has 1 heterocycles. The van der Waals surface area contributed by atoms with Crippen molar-refractivity contribution in [1.82, 2.24) is 9.78 Å². The number of ether oxygens (including phenoxy) is 1. The van der Waals surface area contributed by atoms with Gasteiger partial charge in [0.15, 0.2) is 0 Å². The fourth-order valence-corrected chi connectivity index (χ4v) is 3.53. The van der Waals surface area contributed by atoms with Crippen molar-refractivity contribution in [2.75, 3.05) is 5.73 Å². The maximum atomic E-state index is 6.36. The molecule has 1 fully saturated rings. The topological polar surface area (TPSA) is 53.1 Å². The van der Waals surface area contributed by atoms with Crippen molar-refractivity contribution in [3.8, 4) is 5.88 Å². The summed E-state index contributed by atoms with van der Waals surface area (Å²) in [5.41, 5.74) is 7.96. The highest BCUT2D eigenvalue weighted by atomic mass is 16.5. The van der Waals surface area contributed by atoms with Gasteiger partial charge in [0, 0.05) is 7.05 Å². The van der Waals surface area contributed by atoms with Crippen LogP contribution in [-0.4, -0.2) is 15.9 Å². The number of nitrogen functional groups attached to an aromatic ring is 1. The second-order valence-electron chi connectivity index (χ2n) is 7.02. The van der Waals surface area contributed by atoms with Crippen LogP contribution in [0.3, 0.4) is 0 Å². The number of hydrogen-bond donors (Lipinski definition) is 1. The van der Waals surface area contributed by atoms with Crippen molar-refractivity contribution in [2.45, 2.75) is 65.9 Å². The highest BCUT2D eigenvalue weighted by molar-refractivity contribution is 5.53. The Kier molecular flexibility index (Phi) is 5.17. The van der Waals surface area contributed by atoms with Crippen LogP contribution in [0.1, 0.15) is 59.1 Å². The Labute approximate surface area is 129 Å². The van der Waals surface area contributed by atoms with Crippen molar-refractivity contribution >= 4 is 5.69 Å². The van der Waals surface area contributed by atoms with Crippen LogP contribution in [-0.2, 0) is 13.5 Å². The molecule has 4 nitrogen and oxygen atoms in total. The number of hydrogen-bond acceptors (Lipinski definition) is 3. The molecule has 1 aromatic rings. The molecule has 3 unspecified atom stereocenters. The lowest BCUT2D eigenvalue weighted by Gasteiger charge is -2.37. The average Bonchev–Trinajstić information content (AvgIpc) is 2.67. The molecule has 0 amide bonds. The van der Waals surface area contributed by atoms with Gasteiger partial charge in [-0.15, -0.1) is 0 Å². The zero-order valence-corrected chi connectivity index (χ0v) is 14.2. The molecule has 120 valence electrons. The van der Waals surface area contributed by atoms with Crippen molar-refractivity contribution in [1.29, 1.82) is 0 Å². The molecule has 0 saturated heterocycles. The third-order valence-electron chi connectivity index (χ3n) is 4.82. The van der Waals surface area contributed by atoms with E-state index >= 15 is 0 Å². The van der Waals surface area contributed by atoms with E-state index in [1.807, 2.05) is 11.7 Å². The third kappa shape index (κ3) is 3.53. The van der Waals surface area contributed by atoms with Gasteiger partial charge in [0.05, 0.1) is 5.69 Å². The summed E-state index contributed by atoms with van der Waals surface area (Å²) in [6.07, 6.45) is 5.92. The molecule has 1 saturated carbocycles. The second kappa shape index (κ2) is 6.71. The minimum Gasteiger partial charge on any atom is -0.473 e. The Hall–Kier alpha value is -1.19. The van der Waals surface area contributed by atoms with Gasteiger partial charge in [0.25, 0.3) is 0 Å². The summed E-state index contributed by atoms with van der Waals surface area (Å²) in [6, 6.07) is 0. The first-order chi connectivity index (χ1) is 9.93. The standard InChI is InChI=1S/C17H31N3O/c1-6-7-14-16(18)17(20(5)19-14)21-15-10-12(4)8-9-13(15)11(2)3/h11-13,15H,6-10,18H2,1-5H3. The van der Waals surface area contributed by atoms with Gasteiger partial charge < -0.3 is 10.5 Å². The second-order valence-corrected chi connectivity index (χ2v) is 7.02. The summed E-state index contributed by atoms with van der Waals surface area (Å²) < 4.78 is 8.18. The maximum Gasteiger partial charge on any atom is 0.236 e. The summed E-state index contributed by atoms with van der Waals surface area (Å²) in [5.74, 6) is 2.76. The SMILES string of the molecule is CCCc1nn(C)c(OC2CC(C)CCC2C(C)C)c1N. The van der Waals surface area contributed by atoms with Gasteiger partial charge in [-0.2, -0.15) is 5.10 Å². The minimum atomic E-state index is 0.265. The first kappa shape index (κ1) is 16.2. The highest BCUT2D eigenvalue weighted by Crippen LogP contribution is 2.37. The Morgan fingerprint density at radius 1 is 1.38 bits per heavy atom. The summed E-state index contributed by atoms with van der Waals surface area (Å²) >= 11 is 0. The van der Waals surface area contributed by atoms with Gasteiger partial charge in [0.1, 0.15) is 11.8 Å². The molecule has 0 aliphatic heterocycles. The molecule has 3 atom stereocenters. The van der Waals surface area contributed by atoms with Crippen LogP contribution in [0.4, 0.5) is 5.69 Å². The number of aromatic nitrogens is 2. The van der Waals surface area contributed by atoms with E-state index in [9.17, 15) is 0 Å². The van der Waals surface area contributed by atoms with E-state index in [1.54, 1.807) is 0 Å². The first-order valence-electron chi connectivity index (χ1n) is 8.42. The molecule has 4 heteroatoms. The van der Waals surface area contributed by atoms with Crippen LogP contribution in [0.25, 0.3) is 0 Å². The zero-order chi connectivity index (χ0) is 15.6. The fraction of sp³-hybridized carbons (Fsp3) is 0.824. The lowest BCUT2D eigenvalue weighted by molar-refractivity contribution is 0.0401. The van der Waals surface area contributed by atoms with Crippen LogP contribution < -0.4 is 10.5 Å². The molecule has 2 N–H and O–H groups in total. The molecular weight excluding hydrogens is 262 g/mol. The van der Waals surface area contributed by atoms with Gasteiger partial charge in [-0.25, -0.2) is 4.68 Å². The molecule has 0 spiro atoms. The summed E-state index contributed by atoms with van der Waals surface area (Å²) in [6.45, 7) is 9.06. The van der Waals surface area contributed by atoms with Gasteiger partial charge in [-0.05, 0) is 37.0 Å². The molecule has 1 aliphatic carbocycles. The maximum absolute atomic E-state index is 6.36. The highest BCUT2D eigenvalue weighted by Gasteiger charge is 2.33. The van der Waals surface area contributed by atoms with E-state index in [2.05, 4.69) is 32.8 Å². The Morgan fingerprint density at radius 2 is 2.10 bits per heavy atom. The molecular formula is C17H31N3O. The van der Waals surface area contributed by atoms with Crippen LogP contribution in [0, 0.1) is 17.8 Å². The zero-order valence-electron chi connectivity index (χ0n) is 14.2. The summed E-state index contributed by atoms with van der Waals surface area (Å²) in [5, 5.41) is 4.52. The van der Waals surface area contributed by atoms with Crippen molar-refractivity contribution < 1.29 is 4.74 Å². The third-order valence-corrected chi connectivity index (χ3v) is 4.82. The van der Waals surface area contributed by atoms with Gasteiger partial charge >= 0.3 is 0 Å². The molecule has 0 radical (unpaired) electrons. The van der Waals surface area contributed by atoms with Gasteiger partial charge in [0.2, 0.25) is 5.88 Å². The first-order valence-corrected chi connectivity index (χ1v) is 8.42. The van der Waals surface area contributed by atoms with Gasteiger partial charge in [-0.3, -0.25) is 0 Å². The normalized spacial score (nSPS) is 26.3. The summed E-state index contributed by atoms with van der Waals surface area (Å²) in [4.78, 5) is 0. The molecule has 0 bridgehead atoms. The smallest absolute Gasteiger partial charge is 0.236 e.